The molecule has 0 saturated carbocycles. The van der Waals surface area contributed by atoms with Gasteiger partial charge in [-0.05, 0) is 16.7 Å². The van der Waals surface area contributed by atoms with E-state index >= 15 is 0 Å². The van der Waals surface area contributed by atoms with E-state index in [4.69, 9.17) is 0 Å². The van der Waals surface area contributed by atoms with Gasteiger partial charge in [0, 0.05) is 5.90 Å². The van der Waals surface area contributed by atoms with Gasteiger partial charge in [-0.1, -0.05) is 96.2 Å². The summed E-state index contributed by atoms with van der Waals surface area (Å²) in [4.78, 5) is 17.2. The summed E-state index contributed by atoms with van der Waals surface area (Å²) in [7, 11) is 0. The molecule has 30 heavy (non-hydrogen) atoms. The van der Waals surface area contributed by atoms with Crippen molar-refractivity contribution in [2.45, 2.75) is 19.6 Å². The van der Waals surface area contributed by atoms with Gasteiger partial charge < -0.3 is 5.11 Å². The average Bonchev–Trinajstić information content (AvgIpc) is 3.09. The Bertz CT molecular complexity index is 1180. The first-order chi connectivity index (χ1) is 14.7. The summed E-state index contributed by atoms with van der Waals surface area (Å²) in [6, 6.07) is 28.8. The number of aromatic amines is 1. The third-order valence-corrected chi connectivity index (χ3v) is 4.78. The maximum absolute atomic E-state index is 13.1. The molecule has 0 aliphatic rings. The molecule has 1 aromatic heterocycles. The van der Waals surface area contributed by atoms with Crippen molar-refractivity contribution < 1.29 is 9.79 Å². The Morgan fingerprint density at radius 1 is 0.833 bits per heavy atom. The lowest BCUT2D eigenvalue weighted by Crippen LogP contribution is -2.47. The number of rotatable bonds is 7. The molecule has 0 aliphatic heterocycles. The van der Waals surface area contributed by atoms with Gasteiger partial charge in [-0.25, -0.2) is 4.79 Å². The molecule has 1 N–H and O–H groups in total. The highest BCUT2D eigenvalue weighted by molar-refractivity contribution is 5.86. The summed E-state index contributed by atoms with van der Waals surface area (Å²) >= 11 is 0. The first-order valence-corrected chi connectivity index (χ1v) is 9.77. The van der Waals surface area contributed by atoms with Gasteiger partial charge >= 0.3 is 5.56 Å². The smallest absolute Gasteiger partial charge is 0.401 e. The minimum absolute atomic E-state index is 0.0331. The van der Waals surface area contributed by atoms with E-state index in [0.29, 0.717) is 13.1 Å². The molecule has 0 amide bonds. The van der Waals surface area contributed by atoms with Gasteiger partial charge in [0.15, 0.2) is 0 Å². The average molecular weight is 398 g/mol. The quantitative estimate of drug-likeness (QED) is 0.293. The molecular weight excluding hydrogens is 376 g/mol. The van der Waals surface area contributed by atoms with E-state index in [0.717, 1.165) is 16.7 Å². The Hall–Kier alpha value is -3.93. The van der Waals surface area contributed by atoms with Gasteiger partial charge in [0.2, 0.25) is 5.69 Å². The molecule has 0 aliphatic carbocycles. The molecule has 150 valence electrons. The molecule has 0 unspecified atom stereocenters. The minimum atomic E-state index is -0.525. The summed E-state index contributed by atoms with van der Waals surface area (Å²) in [6.07, 6.45) is 0. The van der Waals surface area contributed by atoms with E-state index in [1.807, 2.05) is 91.0 Å². The molecular formula is C24H22N4O2. The van der Waals surface area contributed by atoms with Gasteiger partial charge in [-0.3, -0.25) is 4.99 Å². The van der Waals surface area contributed by atoms with Crippen LogP contribution in [0.1, 0.15) is 22.4 Å². The molecule has 0 spiro atoms. The lowest BCUT2D eigenvalue weighted by Gasteiger charge is -2.07. The van der Waals surface area contributed by atoms with Crippen LogP contribution >= 0.6 is 0 Å². The molecule has 1 heterocycles. The van der Waals surface area contributed by atoms with E-state index in [1.54, 1.807) is 4.68 Å². The van der Waals surface area contributed by atoms with Gasteiger partial charge in [0.1, 0.15) is 13.1 Å². The number of nitrogens with one attached hydrogen (secondary N) is 1. The summed E-state index contributed by atoms with van der Waals surface area (Å²) in [5.74, 6) is -0.525. The third kappa shape index (κ3) is 4.55. The topological polar surface area (TPSA) is 77.1 Å². The maximum Gasteiger partial charge on any atom is 0.401 e. The van der Waals surface area contributed by atoms with Crippen LogP contribution in [0.15, 0.2) is 101 Å². The first-order valence-electron chi connectivity index (χ1n) is 9.77. The van der Waals surface area contributed by atoms with Crippen LogP contribution in [0.3, 0.4) is 0 Å². The number of aromatic nitrogens is 3. The fourth-order valence-electron chi connectivity index (χ4n) is 3.27. The van der Waals surface area contributed by atoms with E-state index in [9.17, 15) is 9.90 Å². The van der Waals surface area contributed by atoms with E-state index in [1.165, 1.54) is 4.68 Å². The van der Waals surface area contributed by atoms with Crippen LogP contribution in [0.2, 0.25) is 0 Å². The predicted molar refractivity (Wildman–Crippen MR) is 113 cm³/mol. The van der Waals surface area contributed by atoms with Crippen molar-refractivity contribution in [3.63, 3.8) is 0 Å². The zero-order valence-electron chi connectivity index (χ0n) is 16.4. The fraction of sp³-hybridized carbons (Fsp3) is 0.125. The summed E-state index contributed by atoms with van der Waals surface area (Å²) in [5.41, 5.74) is 2.52. The molecule has 0 bridgehead atoms. The van der Waals surface area contributed by atoms with Crippen molar-refractivity contribution in [1.29, 1.82) is 0 Å². The highest BCUT2D eigenvalue weighted by atomic mass is 16.3. The Morgan fingerprint density at radius 3 is 1.97 bits per heavy atom. The van der Waals surface area contributed by atoms with Crippen molar-refractivity contribution in [3.8, 4) is 0 Å². The Labute approximate surface area is 174 Å². The highest BCUT2D eigenvalue weighted by Crippen LogP contribution is 2.03. The van der Waals surface area contributed by atoms with Gasteiger partial charge in [0.05, 0.1) is 6.54 Å². The van der Waals surface area contributed by atoms with E-state index < -0.39 is 5.90 Å². The van der Waals surface area contributed by atoms with Crippen molar-refractivity contribution in [2.75, 3.05) is 0 Å². The molecule has 6 nitrogen and oxygen atoms in total. The number of hydrogen-bond acceptors (Lipinski definition) is 3. The van der Waals surface area contributed by atoms with Crippen LogP contribution in [0, 0.1) is 0 Å². The zero-order valence-corrected chi connectivity index (χ0v) is 16.4. The molecule has 6 heteroatoms. The van der Waals surface area contributed by atoms with Gasteiger partial charge in [0.25, 0.3) is 0 Å². The lowest BCUT2D eigenvalue weighted by molar-refractivity contribution is -0.750. The standard InChI is InChI=1S/C24H22N4O2/c29-23(25-16-19-10-4-1-5-11-19)22-24(30)28(18-21-14-8-3-9-15-21)26-27(22)17-20-12-6-2-7-13-20/h1-15H,16-18H2,(H-,25,26,29,30). The number of aliphatic imine (C=N–C) groups is 1. The maximum atomic E-state index is 13.1. The van der Waals surface area contributed by atoms with Crippen LogP contribution in [0.5, 0.6) is 0 Å². The second-order valence-corrected chi connectivity index (χ2v) is 7.00. The first kappa shape index (κ1) is 19.4. The second kappa shape index (κ2) is 9.05. The molecule has 4 aromatic rings. The number of benzene rings is 3. The second-order valence-electron chi connectivity index (χ2n) is 7.00. The normalized spacial score (nSPS) is 11.5. The van der Waals surface area contributed by atoms with E-state index in [-0.39, 0.29) is 17.8 Å². The summed E-state index contributed by atoms with van der Waals surface area (Å²) in [6.45, 7) is 0.953. The number of hydrogen-bond donors (Lipinski definition) is 1. The van der Waals surface area contributed by atoms with Crippen LogP contribution < -0.4 is 15.3 Å². The molecule has 0 saturated heterocycles. The molecule has 4 rings (SSSR count). The monoisotopic (exact) mass is 398 g/mol. The highest BCUT2D eigenvalue weighted by Gasteiger charge is 2.22. The van der Waals surface area contributed by atoms with Crippen molar-refractivity contribution in [2.24, 2.45) is 4.99 Å². The lowest BCUT2D eigenvalue weighted by atomic mass is 10.2. The van der Waals surface area contributed by atoms with Crippen LogP contribution in [-0.4, -0.2) is 15.8 Å². The Balaban J connectivity index is 1.69. The Morgan fingerprint density at radius 2 is 1.37 bits per heavy atom. The van der Waals surface area contributed by atoms with Gasteiger partial charge in [-0.2, -0.15) is 0 Å². The number of H-pyrrole nitrogens is 1. The molecule has 0 atom stereocenters. The third-order valence-electron chi connectivity index (χ3n) is 4.78. The van der Waals surface area contributed by atoms with Crippen LogP contribution in [-0.2, 0) is 19.6 Å². The minimum Gasteiger partial charge on any atom is -0.856 e. The fourth-order valence-corrected chi connectivity index (χ4v) is 3.27. The largest absolute Gasteiger partial charge is 0.856 e. The van der Waals surface area contributed by atoms with Gasteiger partial charge in [-0.15, -0.1) is 9.36 Å². The van der Waals surface area contributed by atoms with Crippen molar-refractivity contribution in [1.82, 2.24) is 9.90 Å². The van der Waals surface area contributed by atoms with Crippen LogP contribution in [0.4, 0.5) is 0 Å². The predicted octanol–water partition coefficient (Wildman–Crippen LogP) is 1.87. The van der Waals surface area contributed by atoms with Crippen molar-refractivity contribution >= 4 is 5.90 Å². The van der Waals surface area contributed by atoms with Crippen molar-refractivity contribution in [3.05, 3.63) is 124 Å². The summed E-state index contributed by atoms with van der Waals surface area (Å²) in [5, 5.41) is 16.0. The zero-order chi connectivity index (χ0) is 20.8. The summed E-state index contributed by atoms with van der Waals surface area (Å²) < 4.78 is 3.03. The van der Waals surface area contributed by atoms with Crippen LogP contribution in [0.25, 0.3) is 0 Å². The molecule has 0 radical (unpaired) electrons. The van der Waals surface area contributed by atoms with E-state index in [2.05, 4.69) is 10.2 Å². The number of nitrogens with zero attached hydrogens (tertiary/aromatic N) is 3. The SMILES string of the molecule is O=c1c(C([O-])=NCc2ccccc2)[n+](Cc2ccccc2)[nH]n1Cc1ccccc1. The molecule has 0 fully saturated rings. The Kier molecular flexibility index (Phi) is 5.85. The molecule has 3 aromatic carbocycles.